The highest BCUT2D eigenvalue weighted by Crippen LogP contribution is 2.37. The summed E-state index contributed by atoms with van der Waals surface area (Å²) in [5.41, 5.74) is 7.23. The highest BCUT2D eigenvalue weighted by atomic mass is 16.7. The monoisotopic (exact) mass is 274 g/mol. The van der Waals surface area contributed by atoms with Gasteiger partial charge in [-0.2, -0.15) is 0 Å². The summed E-state index contributed by atoms with van der Waals surface area (Å²) in [4.78, 5) is 4.49. The largest absolute Gasteiger partial charge is 0.514 e. The molecule has 0 atom stereocenters. The average molecular weight is 274 g/mol. The van der Waals surface area contributed by atoms with E-state index in [0.717, 1.165) is 17.9 Å². The van der Waals surface area contributed by atoms with Crippen molar-refractivity contribution < 1.29 is 9.31 Å². The quantitative estimate of drug-likeness (QED) is 0.855. The molecule has 0 amide bonds. The maximum absolute atomic E-state index is 6.11. The zero-order valence-electron chi connectivity index (χ0n) is 12.8. The lowest BCUT2D eigenvalue weighted by Crippen LogP contribution is -2.41. The molecule has 1 aromatic heterocycles. The first kappa shape index (κ1) is 13.9. The first-order valence-corrected chi connectivity index (χ1v) is 7.39. The molecular formula is C15H23BN2O2. The number of aromatic nitrogens is 1. The highest BCUT2D eigenvalue weighted by molar-refractivity contribution is 6.61. The van der Waals surface area contributed by atoms with Gasteiger partial charge in [-0.3, -0.25) is 0 Å². The van der Waals surface area contributed by atoms with Crippen LogP contribution in [0.5, 0.6) is 0 Å². The minimum absolute atomic E-state index is 0.346. The average Bonchev–Trinajstić information content (AvgIpc) is 3.10. The molecule has 2 aliphatic rings. The number of hydrogen-bond donors (Lipinski definition) is 1. The lowest BCUT2D eigenvalue weighted by molar-refractivity contribution is 0.00578. The lowest BCUT2D eigenvalue weighted by Gasteiger charge is -2.32. The summed E-state index contributed by atoms with van der Waals surface area (Å²) in [6.07, 6.45) is 3.67. The predicted octanol–water partition coefficient (Wildman–Crippen LogP) is 1.92. The molecule has 0 radical (unpaired) electrons. The predicted molar refractivity (Wildman–Crippen MR) is 80.8 cm³/mol. The molecule has 0 bridgehead atoms. The second-order valence-corrected chi connectivity index (χ2v) is 7.02. The van der Waals surface area contributed by atoms with Gasteiger partial charge in [0.2, 0.25) is 0 Å². The van der Waals surface area contributed by atoms with Crippen LogP contribution in [-0.2, 0) is 15.7 Å². The maximum Gasteiger partial charge on any atom is 0.514 e. The Labute approximate surface area is 121 Å². The second-order valence-electron chi connectivity index (χ2n) is 7.02. The van der Waals surface area contributed by atoms with Crippen molar-refractivity contribution in [3.8, 4) is 0 Å². The SMILES string of the molecule is CC1(C)OB(c2nc(N)ccc2CC2CC2)OC1(C)C. The van der Waals surface area contributed by atoms with E-state index in [1.165, 1.54) is 18.4 Å². The van der Waals surface area contributed by atoms with E-state index in [-0.39, 0.29) is 11.2 Å². The maximum atomic E-state index is 6.11. The van der Waals surface area contributed by atoms with E-state index in [2.05, 4.69) is 38.7 Å². The number of hydrogen-bond acceptors (Lipinski definition) is 4. The zero-order valence-corrected chi connectivity index (χ0v) is 12.8. The molecule has 0 spiro atoms. The first-order chi connectivity index (χ1) is 9.28. The third-order valence-corrected chi connectivity index (χ3v) is 4.72. The van der Waals surface area contributed by atoms with Crippen LogP contribution in [0, 0.1) is 5.92 Å². The van der Waals surface area contributed by atoms with Gasteiger partial charge in [-0.05, 0) is 64.5 Å². The Hall–Kier alpha value is -1.07. The lowest BCUT2D eigenvalue weighted by atomic mass is 9.79. The van der Waals surface area contributed by atoms with Gasteiger partial charge in [-0.1, -0.05) is 6.07 Å². The van der Waals surface area contributed by atoms with Gasteiger partial charge in [0.05, 0.1) is 16.8 Å². The Bertz CT molecular complexity index is 511. The Balaban J connectivity index is 1.91. The van der Waals surface area contributed by atoms with Crippen molar-refractivity contribution in [2.24, 2.45) is 5.92 Å². The molecule has 108 valence electrons. The van der Waals surface area contributed by atoms with Crippen LogP contribution in [0.15, 0.2) is 12.1 Å². The number of nitrogen functional groups attached to an aromatic ring is 1. The Kier molecular flexibility index (Phi) is 3.10. The second kappa shape index (κ2) is 4.47. The molecule has 1 aliphatic carbocycles. The van der Waals surface area contributed by atoms with Crippen LogP contribution in [0.2, 0.25) is 0 Å². The van der Waals surface area contributed by atoms with Gasteiger partial charge < -0.3 is 15.0 Å². The van der Waals surface area contributed by atoms with Crippen LogP contribution in [0.25, 0.3) is 0 Å². The van der Waals surface area contributed by atoms with Gasteiger partial charge >= 0.3 is 7.12 Å². The Morgan fingerprint density at radius 2 is 1.80 bits per heavy atom. The third kappa shape index (κ3) is 2.45. The highest BCUT2D eigenvalue weighted by Gasteiger charge is 2.53. The van der Waals surface area contributed by atoms with Crippen LogP contribution in [0.4, 0.5) is 5.82 Å². The van der Waals surface area contributed by atoms with Crippen LogP contribution >= 0.6 is 0 Å². The van der Waals surface area contributed by atoms with Crippen molar-refractivity contribution in [1.82, 2.24) is 4.98 Å². The van der Waals surface area contributed by atoms with Crippen LogP contribution in [0.3, 0.4) is 0 Å². The van der Waals surface area contributed by atoms with Crippen LogP contribution < -0.4 is 11.3 Å². The summed E-state index contributed by atoms with van der Waals surface area (Å²) in [5, 5.41) is 0. The standard InChI is InChI=1S/C15H23BN2O2/c1-14(2)15(3,4)20-16(19-14)13-11(9-10-5-6-10)7-8-12(17)18-13/h7-8,10H,5-6,9H2,1-4H3,(H2,17,18). The Morgan fingerprint density at radius 1 is 1.20 bits per heavy atom. The summed E-state index contributed by atoms with van der Waals surface area (Å²) in [5.74, 6) is 1.32. The molecule has 2 heterocycles. The summed E-state index contributed by atoms with van der Waals surface area (Å²) in [7, 11) is -0.419. The van der Waals surface area contributed by atoms with Crippen LogP contribution in [0.1, 0.15) is 46.1 Å². The van der Waals surface area contributed by atoms with Gasteiger partial charge in [0, 0.05) is 0 Å². The van der Waals surface area contributed by atoms with Crippen molar-refractivity contribution in [2.75, 3.05) is 5.73 Å². The van der Waals surface area contributed by atoms with E-state index >= 15 is 0 Å². The van der Waals surface area contributed by atoms with E-state index in [9.17, 15) is 0 Å². The Morgan fingerprint density at radius 3 is 2.35 bits per heavy atom. The molecule has 0 aromatic carbocycles. The molecule has 0 unspecified atom stereocenters. The summed E-state index contributed by atoms with van der Waals surface area (Å²) in [6.45, 7) is 8.22. The summed E-state index contributed by atoms with van der Waals surface area (Å²) >= 11 is 0. The molecule has 1 aromatic rings. The van der Waals surface area contributed by atoms with Crippen molar-refractivity contribution >= 4 is 18.5 Å². The molecule has 5 heteroatoms. The molecule has 2 N–H and O–H groups in total. The minimum atomic E-state index is -0.419. The summed E-state index contributed by atoms with van der Waals surface area (Å²) < 4.78 is 12.2. The van der Waals surface area contributed by atoms with E-state index in [1.807, 2.05) is 6.07 Å². The number of rotatable bonds is 3. The zero-order chi connectivity index (χ0) is 14.5. The number of nitrogens with two attached hydrogens (primary N) is 1. The van der Waals surface area contributed by atoms with Gasteiger partial charge in [-0.15, -0.1) is 0 Å². The van der Waals surface area contributed by atoms with E-state index in [0.29, 0.717) is 5.82 Å². The van der Waals surface area contributed by atoms with Gasteiger partial charge in [-0.25, -0.2) is 4.98 Å². The normalized spacial score (nSPS) is 24.1. The van der Waals surface area contributed by atoms with Gasteiger partial charge in [0.1, 0.15) is 5.82 Å². The molecule has 2 fully saturated rings. The smallest absolute Gasteiger partial charge is 0.398 e. The van der Waals surface area contributed by atoms with Crippen molar-refractivity contribution in [1.29, 1.82) is 0 Å². The molecule has 1 saturated carbocycles. The third-order valence-electron chi connectivity index (χ3n) is 4.72. The van der Waals surface area contributed by atoms with E-state index in [1.54, 1.807) is 0 Å². The van der Waals surface area contributed by atoms with E-state index < -0.39 is 7.12 Å². The number of anilines is 1. The first-order valence-electron chi connectivity index (χ1n) is 7.39. The van der Waals surface area contributed by atoms with Gasteiger partial charge in [0.25, 0.3) is 0 Å². The molecule has 3 rings (SSSR count). The van der Waals surface area contributed by atoms with E-state index in [4.69, 9.17) is 15.0 Å². The molecule has 20 heavy (non-hydrogen) atoms. The molecule has 4 nitrogen and oxygen atoms in total. The molecular weight excluding hydrogens is 251 g/mol. The number of nitrogens with zero attached hydrogens (tertiary/aromatic N) is 1. The summed E-state index contributed by atoms with van der Waals surface area (Å²) in [6, 6.07) is 3.94. The number of pyridine rings is 1. The fraction of sp³-hybridized carbons (Fsp3) is 0.667. The fourth-order valence-corrected chi connectivity index (χ4v) is 2.48. The molecule has 1 saturated heterocycles. The molecule has 1 aliphatic heterocycles. The topological polar surface area (TPSA) is 57.4 Å². The minimum Gasteiger partial charge on any atom is -0.398 e. The van der Waals surface area contributed by atoms with Crippen molar-refractivity contribution in [2.45, 2.75) is 58.2 Å². The van der Waals surface area contributed by atoms with Gasteiger partial charge in [0.15, 0.2) is 0 Å². The van der Waals surface area contributed by atoms with Crippen molar-refractivity contribution in [3.05, 3.63) is 17.7 Å². The fourth-order valence-electron chi connectivity index (χ4n) is 2.48. The van der Waals surface area contributed by atoms with Crippen LogP contribution in [-0.4, -0.2) is 23.3 Å². The van der Waals surface area contributed by atoms with Crippen molar-refractivity contribution in [3.63, 3.8) is 0 Å².